The van der Waals surface area contributed by atoms with Crippen LogP contribution in [0.3, 0.4) is 0 Å². The molecule has 0 unspecified atom stereocenters. The maximum Gasteiger partial charge on any atom is 0.110 e. The molecule has 0 saturated heterocycles. The number of thioether (sulfide) groups is 2. The quantitative estimate of drug-likeness (QED) is 0.169. The minimum atomic E-state index is -1.30. The van der Waals surface area contributed by atoms with Crippen molar-refractivity contribution in [3.8, 4) is 0 Å². The van der Waals surface area contributed by atoms with Crippen LogP contribution in [0.15, 0.2) is 0 Å². The van der Waals surface area contributed by atoms with Gasteiger partial charge in [-0.25, -0.2) is 0 Å². The number of hydrogen-bond acceptors (Lipinski definition) is 6. The zero-order chi connectivity index (χ0) is 20.3. The van der Waals surface area contributed by atoms with Crippen LogP contribution in [0, 0.1) is 0 Å². The van der Waals surface area contributed by atoms with E-state index in [1.165, 1.54) is 64.2 Å². The predicted octanol–water partition coefficient (Wildman–Crippen LogP) is 4.57. The van der Waals surface area contributed by atoms with Gasteiger partial charge in [-0.05, 0) is 24.3 Å². The number of aliphatic hydroxyl groups excluding tert-OH is 4. The third kappa shape index (κ3) is 15.1. The van der Waals surface area contributed by atoms with Gasteiger partial charge < -0.3 is 20.4 Å². The summed E-state index contributed by atoms with van der Waals surface area (Å²) in [4.78, 5) is 0. The highest BCUT2D eigenvalue weighted by Gasteiger charge is 2.31. The van der Waals surface area contributed by atoms with E-state index in [-0.39, 0.29) is 4.58 Å². The highest BCUT2D eigenvalue weighted by Crippen LogP contribution is 2.31. The summed E-state index contributed by atoms with van der Waals surface area (Å²) in [5, 5.41) is 39.2. The van der Waals surface area contributed by atoms with E-state index < -0.39 is 24.9 Å². The van der Waals surface area contributed by atoms with Crippen LogP contribution in [-0.2, 0) is 0 Å². The minimum Gasteiger partial charge on any atom is -0.394 e. The Balaban J connectivity index is 4.20. The highest BCUT2D eigenvalue weighted by atomic mass is 32.2. The predicted molar refractivity (Wildman–Crippen MR) is 121 cm³/mol. The normalized spacial score (nSPS) is 15.2. The van der Waals surface area contributed by atoms with Crippen molar-refractivity contribution in [3.63, 3.8) is 0 Å². The van der Waals surface area contributed by atoms with Crippen LogP contribution >= 0.6 is 23.5 Å². The molecule has 4 nitrogen and oxygen atoms in total. The van der Waals surface area contributed by atoms with Crippen molar-refractivity contribution in [2.24, 2.45) is 0 Å². The van der Waals surface area contributed by atoms with E-state index in [4.69, 9.17) is 5.11 Å². The fraction of sp³-hybridized carbons (Fsp3) is 1.00. The molecule has 6 heteroatoms. The van der Waals surface area contributed by atoms with Gasteiger partial charge in [0.1, 0.15) is 18.3 Å². The van der Waals surface area contributed by atoms with Crippen LogP contribution in [-0.4, -0.2) is 61.4 Å². The van der Waals surface area contributed by atoms with Crippen molar-refractivity contribution in [1.29, 1.82) is 0 Å². The van der Waals surface area contributed by atoms with E-state index in [1.54, 1.807) is 23.5 Å². The largest absolute Gasteiger partial charge is 0.394 e. The molecule has 0 spiro atoms. The zero-order valence-corrected chi connectivity index (χ0v) is 19.2. The molecule has 0 aromatic carbocycles. The number of aliphatic hydroxyl groups is 4. The molecule has 0 aromatic rings. The first kappa shape index (κ1) is 27.5. The van der Waals surface area contributed by atoms with Crippen LogP contribution in [0.1, 0.15) is 90.9 Å². The average molecular weight is 425 g/mol. The fourth-order valence-electron chi connectivity index (χ4n) is 2.91. The third-order valence-corrected chi connectivity index (χ3v) is 7.85. The molecule has 3 atom stereocenters. The Labute approximate surface area is 175 Å². The summed E-state index contributed by atoms with van der Waals surface area (Å²) >= 11 is 3.36. The lowest BCUT2D eigenvalue weighted by Gasteiger charge is -2.28. The van der Waals surface area contributed by atoms with Gasteiger partial charge in [-0.2, -0.15) is 0 Å². The summed E-state index contributed by atoms with van der Waals surface area (Å²) in [6.07, 6.45) is 11.3. The van der Waals surface area contributed by atoms with E-state index in [0.717, 1.165) is 24.3 Å². The minimum absolute atomic E-state index is 0.160. The van der Waals surface area contributed by atoms with Crippen LogP contribution in [0.4, 0.5) is 0 Å². The van der Waals surface area contributed by atoms with Crippen LogP contribution in [0.2, 0.25) is 0 Å². The summed E-state index contributed by atoms with van der Waals surface area (Å²) in [7, 11) is 0. The summed E-state index contributed by atoms with van der Waals surface area (Å²) in [6.45, 7) is 3.90. The molecular weight excluding hydrogens is 380 g/mol. The lowest BCUT2D eigenvalue weighted by Crippen LogP contribution is -2.44. The van der Waals surface area contributed by atoms with Crippen LogP contribution < -0.4 is 0 Å². The smallest absolute Gasteiger partial charge is 0.110 e. The molecule has 4 N–H and O–H groups in total. The Bertz CT molecular complexity index is 290. The van der Waals surface area contributed by atoms with E-state index in [2.05, 4.69) is 13.8 Å². The van der Waals surface area contributed by atoms with E-state index >= 15 is 0 Å². The fourth-order valence-corrected chi connectivity index (χ4v) is 5.79. The molecule has 0 rings (SSSR count). The first-order valence-corrected chi connectivity index (χ1v) is 13.1. The zero-order valence-electron chi connectivity index (χ0n) is 17.5. The summed E-state index contributed by atoms with van der Waals surface area (Å²) < 4.78 is -0.160. The average Bonchev–Trinajstić information content (AvgIpc) is 2.69. The molecule has 0 aliphatic rings. The van der Waals surface area contributed by atoms with E-state index in [9.17, 15) is 15.3 Å². The summed E-state index contributed by atoms with van der Waals surface area (Å²) in [5.41, 5.74) is 0. The van der Waals surface area contributed by atoms with Crippen LogP contribution in [0.5, 0.6) is 0 Å². The van der Waals surface area contributed by atoms with Crippen molar-refractivity contribution in [3.05, 3.63) is 0 Å². The van der Waals surface area contributed by atoms with Crippen molar-refractivity contribution in [1.82, 2.24) is 0 Å². The van der Waals surface area contributed by atoms with E-state index in [0.29, 0.717) is 0 Å². The lowest BCUT2D eigenvalue weighted by molar-refractivity contribution is -0.0706. The van der Waals surface area contributed by atoms with Gasteiger partial charge in [-0.15, -0.1) is 23.5 Å². The molecule has 0 heterocycles. The van der Waals surface area contributed by atoms with Crippen LogP contribution in [0.25, 0.3) is 0 Å². The topological polar surface area (TPSA) is 80.9 Å². The Morgan fingerprint density at radius 1 is 0.593 bits per heavy atom. The second-order valence-electron chi connectivity index (χ2n) is 7.38. The number of unbranched alkanes of at least 4 members (excludes halogenated alkanes) is 10. The third-order valence-electron chi connectivity index (χ3n) is 4.77. The standard InChI is InChI=1S/C21H44O4S2/c1-3-5-7-9-11-13-15-26-21(20(25)19(24)18(23)17-22)27-16-14-12-10-8-6-4-2/h18-25H,3-17H2,1-2H3/t18-,19-,20-/m1/s1. The second-order valence-corrected chi connectivity index (χ2v) is 10.2. The summed E-state index contributed by atoms with van der Waals surface area (Å²) in [5.74, 6) is 1.92. The molecule has 164 valence electrons. The molecule has 0 aromatic heterocycles. The van der Waals surface area contributed by atoms with Gasteiger partial charge in [0.15, 0.2) is 0 Å². The maximum absolute atomic E-state index is 10.5. The summed E-state index contributed by atoms with van der Waals surface area (Å²) in [6, 6.07) is 0. The van der Waals surface area contributed by atoms with E-state index in [1.807, 2.05) is 0 Å². The van der Waals surface area contributed by atoms with Gasteiger partial charge >= 0.3 is 0 Å². The Hall–Kier alpha value is 0.540. The monoisotopic (exact) mass is 424 g/mol. The lowest BCUT2D eigenvalue weighted by atomic mass is 10.1. The molecule has 0 saturated carbocycles. The first-order chi connectivity index (χ1) is 13.1. The van der Waals surface area contributed by atoms with Crippen molar-refractivity contribution in [2.45, 2.75) is 114 Å². The molecular formula is C21H44O4S2. The van der Waals surface area contributed by atoms with Gasteiger partial charge in [0.25, 0.3) is 0 Å². The SMILES string of the molecule is CCCCCCCCSC(SCCCCCCCC)[C@H](O)[C@H](O)[C@H](O)CO. The highest BCUT2D eigenvalue weighted by molar-refractivity contribution is 8.17. The van der Waals surface area contributed by atoms with Crippen molar-refractivity contribution in [2.75, 3.05) is 18.1 Å². The maximum atomic E-state index is 10.5. The molecule has 0 bridgehead atoms. The Morgan fingerprint density at radius 2 is 1.00 bits per heavy atom. The molecule has 0 amide bonds. The molecule has 0 aliphatic heterocycles. The Kier molecular flexibility index (Phi) is 20.2. The van der Waals surface area contributed by atoms with Gasteiger partial charge in [-0.3, -0.25) is 0 Å². The number of rotatable bonds is 20. The molecule has 0 fully saturated rings. The molecule has 27 heavy (non-hydrogen) atoms. The van der Waals surface area contributed by atoms with Gasteiger partial charge in [0, 0.05) is 0 Å². The second kappa shape index (κ2) is 19.8. The van der Waals surface area contributed by atoms with Crippen molar-refractivity contribution < 1.29 is 20.4 Å². The van der Waals surface area contributed by atoms with Gasteiger partial charge in [-0.1, -0.05) is 78.1 Å². The Morgan fingerprint density at radius 3 is 1.41 bits per heavy atom. The first-order valence-electron chi connectivity index (χ1n) is 11.0. The molecule has 0 aliphatic carbocycles. The van der Waals surface area contributed by atoms with Gasteiger partial charge in [0.05, 0.1) is 11.2 Å². The molecule has 0 radical (unpaired) electrons. The number of hydrogen-bond donors (Lipinski definition) is 4. The van der Waals surface area contributed by atoms with Gasteiger partial charge in [0.2, 0.25) is 0 Å². The van der Waals surface area contributed by atoms with Crippen molar-refractivity contribution >= 4 is 23.5 Å².